The molecule has 0 saturated carbocycles. The summed E-state index contributed by atoms with van der Waals surface area (Å²) < 4.78 is 2.28. The molecule has 1 N–H and O–H groups in total. The molecule has 1 heterocycles. The number of hydrogen-bond donors (Lipinski definition) is 1. The van der Waals surface area contributed by atoms with E-state index in [-0.39, 0.29) is 0 Å². The highest BCUT2D eigenvalue weighted by Gasteiger charge is 2.15. The molecule has 1 aromatic rings. The molecule has 0 aliphatic heterocycles. The minimum absolute atomic E-state index is 0.535. The third-order valence-corrected chi connectivity index (χ3v) is 3.13. The Balaban J connectivity index is 2.61. The maximum absolute atomic E-state index is 4.49. The average molecular weight is 237 g/mol. The van der Waals surface area contributed by atoms with Gasteiger partial charge in [-0.3, -0.25) is 0 Å². The van der Waals surface area contributed by atoms with E-state index in [1.165, 1.54) is 12.2 Å². The third kappa shape index (κ3) is 4.50. The molecule has 0 aliphatic rings. The Morgan fingerprint density at radius 1 is 1.29 bits per heavy atom. The van der Waals surface area contributed by atoms with Gasteiger partial charge in [-0.1, -0.05) is 27.7 Å². The molecule has 0 bridgehead atoms. The molecule has 0 spiro atoms. The summed E-state index contributed by atoms with van der Waals surface area (Å²) in [7, 11) is 0. The molecule has 0 fully saturated rings. The molecule has 1 atom stereocenters. The van der Waals surface area contributed by atoms with Crippen LogP contribution in [0.3, 0.4) is 0 Å². The van der Waals surface area contributed by atoms with Crippen LogP contribution >= 0.6 is 0 Å². The van der Waals surface area contributed by atoms with Crippen molar-refractivity contribution < 1.29 is 0 Å². The highest BCUT2D eigenvalue weighted by Crippen LogP contribution is 2.10. The molecule has 1 unspecified atom stereocenters. The van der Waals surface area contributed by atoms with Crippen LogP contribution in [0, 0.1) is 5.92 Å². The zero-order valence-corrected chi connectivity index (χ0v) is 11.7. The van der Waals surface area contributed by atoms with Crippen LogP contribution in [0.2, 0.25) is 0 Å². The smallest absolute Gasteiger partial charge is 0.110 e. The number of aromatic nitrogens is 2. The average Bonchev–Trinajstić information content (AvgIpc) is 2.72. The van der Waals surface area contributed by atoms with Gasteiger partial charge in [0.25, 0.3) is 0 Å². The first-order chi connectivity index (χ1) is 8.19. The zero-order valence-electron chi connectivity index (χ0n) is 11.7. The van der Waals surface area contributed by atoms with Gasteiger partial charge in [0.05, 0.1) is 0 Å². The number of rotatable bonds is 8. The number of nitrogens with zero attached hydrogens (tertiary/aromatic N) is 2. The Hall–Kier alpha value is -0.830. The summed E-state index contributed by atoms with van der Waals surface area (Å²) in [6, 6.07) is 0.535. The van der Waals surface area contributed by atoms with Crippen molar-refractivity contribution in [2.75, 3.05) is 6.54 Å². The topological polar surface area (TPSA) is 29.9 Å². The molecule has 1 rings (SSSR count). The van der Waals surface area contributed by atoms with E-state index in [1.54, 1.807) is 0 Å². The third-order valence-electron chi connectivity index (χ3n) is 3.13. The second-order valence-electron chi connectivity index (χ2n) is 5.05. The lowest BCUT2D eigenvalue weighted by atomic mass is 10.0. The van der Waals surface area contributed by atoms with Gasteiger partial charge in [0.15, 0.2) is 0 Å². The molecule has 3 heteroatoms. The summed E-state index contributed by atoms with van der Waals surface area (Å²) >= 11 is 0. The summed E-state index contributed by atoms with van der Waals surface area (Å²) in [5, 5.41) is 3.62. The normalized spacial score (nSPS) is 13.2. The van der Waals surface area contributed by atoms with Crippen molar-refractivity contribution in [1.29, 1.82) is 0 Å². The standard InChI is InChI=1S/C14H27N3/c1-5-7-15-13(12(3)4)11-14-16-8-10-17(14)9-6-2/h8,10,12-13,15H,5-7,9,11H2,1-4H3. The van der Waals surface area contributed by atoms with Crippen LogP contribution in [0.15, 0.2) is 12.4 Å². The lowest BCUT2D eigenvalue weighted by molar-refractivity contribution is 0.386. The summed E-state index contributed by atoms with van der Waals surface area (Å²) in [5.41, 5.74) is 0. The predicted octanol–water partition coefficient (Wildman–Crippen LogP) is 2.86. The summed E-state index contributed by atoms with van der Waals surface area (Å²) in [6.07, 6.45) is 7.40. The van der Waals surface area contributed by atoms with Crippen LogP contribution < -0.4 is 5.32 Å². The number of aryl methyl sites for hydroxylation is 1. The predicted molar refractivity (Wildman–Crippen MR) is 73.1 cm³/mol. The van der Waals surface area contributed by atoms with E-state index < -0.39 is 0 Å². The monoisotopic (exact) mass is 237 g/mol. The van der Waals surface area contributed by atoms with Gasteiger partial charge >= 0.3 is 0 Å². The van der Waals surface area contributed by atoms with Gasteiger partial charge in [0.1, 0.15) is 5.82 Å². The Labute approximate surface area is 106 Å². The fraction of sp³-hybridized carbons (Fsp3) is 0.786. The quantitative estimate of drug-likeness (QED) is 0.753. The van der Waals surface area contributed by atoms with Gasteiger partial charge in [-0.15, -0.1) is 0 Å². The van der Waals surface area contributed by atoms with Gasteiger partial charge in [-0.2, -0.15) is 0 Å². The number of hydrogen-bond acceptors (Lipinski definition) is 2. The van der Waals surface area contributed by atoms with Gasteiger partial charge < -0.3 is 9.88 Å². The molecule has 3 nitrogen and oxygen atoms in total. The first-order valence-electron chi connectivity index (χ1n) is 6.92. The van der Waals surface area contributed by atoms with E-state index in [2.05, 4.69) is 48.8 Å². The second-order valence-corrected chi connectivity index (χ2v) is 5.05. The molecule has 0 saturated heterocycles. The summed E-state index contributed by atoms with van der Waals surface area (Å²) in [4.78, 5) is 4.49. The van der Waals surface area contributed by atoms with Gasteiger partial charge in [-0.25, -0.2) is 4.98 Å². The van der Waals surface area contributed by atoms with Gasteiger partial charge in [0, 0.05) is 31.4 Å². The van der Waals surface area contributed by atoms with Crippen molar-refractivity contribution in [2.24, 2.45) is 5.92 Å². The van der Waals surface area contributed by atoms with Crippen LogP contribution in [0.5, 0.6) is 0 Å². The first-order valence-corrected chi connectivity index (χ1v) is 6.92. The SMILES string of the molecule is CCCNC(Cc1nccn1CCC)C(C)C. The molecule has 0 radical (unpaired) electrons. The fourth-order valence-corrected chi connectivity index (χ4v) is 2.04. The first kappa shape index (κ1) is 14.2. The minimum Gasteiger partial charge on any atom is -0.335 e. The maximum atomic E-state index is 4.49. The minimum atomic E-state index is 0.535. The molecule has 0 amide bonds. The van der Waals surface area contributed by atoms with Gasteiger partial charge in [-0.05, 0) is 25.3 Å². The molecule has 0 aromatic carbocycles. The van der Waals surface area contributed by atoms with E-state index in [9.17, 15) is 0 Å². The molecule has 0 aliphatic carbocycles. The van der Waals surface area contributed by atoms with E-state index >= 15 is 0 Å². The number of nitrogens with one attached hydrogen (secondary N) is 1. The van der Waals surface area contributed by atoms with Crippen molar-refractivity contribution >= 4 is 0 Å². The Morgan fingerprint density at radius 2 is 2.06 bits per heavy atom. The molecule has 1 aromatic heterocycles. The van der Waals surface area contributed by atoms with Crippen molar-refractivity contribution in [3.63, 3.8) is 0 Å². The molecule has 98 valence electrons. The molecular weight excluding hydrogens is 210 g/mol. The van der Waals surface area contributed by atoms with E-state index in [0.717, 1.165) is 25.9 Å². The fourth-order valence-electron chi connectivity index (χ4n) is 2.04. The van der Waals surface area contributed by atoms with Crippen molar-refractivity contribution in [3.05, 3.63) is 18.2 Å². The van der Waals surface area contributed by atoms with Crippen LogP contribution in [-0.2, 0) is 13.0 Å². The summed E-state index contributed by atoms with van der Waals surface area (Å²) in [5.74, 6) is 1.86. The van der Waals surface area contributed by atoms with Crippen molar-refractivity contribution in [2.45, 2.75) is 59.5 Å². The number of imidazole rings is 1. The van der Waals surface area contributed by atoms with Crippen LogP contribution in [0.25, 0.3) is 0 Å². The summed E-state index contributed by atoms with van der Waals surface area (Å²) in [6.45, 7) is 11.1. The van der Waals surface area contributed by atoms with E-state index in [1.807, 2.05) is 6.20 Å². The van der Waals surface area contributed by atoms with Crippen LogP contribution in [-0.4, -0.2) is 22.1 Å². The van der Waals surface area contributed by atoms with Crippen LogP contribution in [0.4, 0.5) is 0 Å². The van der Waals surface area contributed by atoms with E-state index in [0.29, 0.717) is 12.0 Å². The second kappa shape index (κ2) is 7.49. The van der Waals surface area contributed by atoms with E-state index in [4.69, 9.17) is 0 Å². The Morgan fingerprint density at radius 3 is 2.65 bits per heavy atom. The maximum Gasteiger partial charge on any atom is 0.110 e. The molecule has 17 heavy (non-hydrogen) atoms. The zero-order chi connectivity index (χ0) is 12.7. The Bertz CT molecular complexity index is 304. The molecular formula is C14H27N3. The largest absolute Gasteiger partial charge is 0.335 e. The lowest BCUT2D eigenvalue weighted by Crippen LogP contribution is -2.37. The van der Waals surface area contributed by atoms with Crippen molar-refractivity contribution in [1.82, 2.24) is 14.9 Å². The van der Waals surface area contributed by atoms with Gasteiger partial charge in [0.2, 0.25) is 0 Å². The lowest BCUT2D eigenvalue weighted by Gasteiger charge is -2.22. The van der Waals surface area contributed by atoms with Crippen molar-refractivity contribution in [3.8, 4) is 0 Å². The highest BCUT2D eigenvalue weighted by atomic mass is 15.1. The van der Waals surface area contributed by atoms with Crippen LogP contribution in [0.1, 0.15) is 46.4 Å². The Kier molecular flexibility index (Phi) is 6.27. The highest BCUT2D eigenvalue weighted by molar-refractivity contribution is 4.96.